The van der Waals surface area contributed by atoms with E-state index in [1.165, 1.54) is 6.92 Å². The van der Waals surface area contributed by atoms with E-state index in [0.717, 1.165) is 39.2 Å². The van der Waals surface area contributed by atoms with Crippen LogP contribution in [-0.2, 0) is 26.1 Å². The zero-order valence-electron chi connectivity index (χ0n) is 27.0. The van der Waals surface area contributed by atoms with E-state index in [4.69, 9.17) is 14.5 Å². The summed E-state index contributed by atoms with van der Waals surface area (Å²) in [5.41, 5.74) is 5.12. The lowest BCUT2D eigenvalue weighted by atomic mass is 9.88. The minimum atomic E-state index is -1.40. The molecule has 2 atom stereocenters. The van der Waals surface area contributed by atoms with Crippen molar-refractivity contribution in [3.63, 3.8) is 0 Å². The first-order valence-corrected chi connectivity index (χ1v) is 15.3. The molecule has 3 heterocycles. The summed E-state index contributed by atoms with van der Waals surface area (Å²) in [6.45, 7) is 12.5. The maximum atomic E-state index is 13.7. The van der Waals surface area contributed by atoms with Crippen LogP contribution in [0.3, 0.4) is 0 Å². The highest BCUT2D eigenvalue weighted by atomic mass is 16.6. The van der Waals surface area contributed by atoms with Crippen molar-refractivity contribution < 1.29 is 23.9 Å². The molecule has 238 valence electrons. The van der Waals surface area contributed by atoms with E-state index >= 15 is 0 Å². The molecule has 0 saturated carbocycles. The molecular formula is C34H42N6O5. The number of carbonyl (C=O) groups excluding carboxylic acids is 3. The van der Waals surface area contributed by atoms with Crippen LogP contribution < -0.4 is 5.32 Å². The van der Waals surface area contributed by atoms with Crippen LogP contribution in [-0.4, -0.2) is 80.2 Å². The molecule has 11 nitrogen and oxygen atoms in total. The van der Waals surface area contributed by atoms with Gasteiger partial charge >= 0.3 is 12.1 Å². The average molecular weight is 615 g/mol. The SMILES string of the molecule is CC(=O)OC(C)(C)C(=O)N[C@H](C1=Cc2cccnc2[C@@H](N2CCN(C(=O)OC(C)C)CC2)c2ccc(C)cc21)c1cncn1C. The van der Waals surface area contributed by atoms with Gasteiger partial charge in [0.05, 0.1) is 42.1 Å². The van der Waals surface area contributed by atoms with Crippen LogP contribution in [0, 0.1) is 6.92 Å². The van der Waals surface area contributed by atoms with Crippen LogP contribution in [0.2, 0.25) is 0 Å². The fourth-order valence-corrected chi connectivity index (χ4v) is 6.05. The van der Waals surface area contributed by atoms with Gasteiger partial charge in [-0.3, -0.25) is 19.5 Å². The Hall–Kier alpha value is -4.51. The Morgan fingerprint density at radius 3 is 2.47 bits per heavy atom. The molecule has 0 spiro atoms. The number of amides is 2. The molecule has 2 aliphatic rings. The van der Waals surface area contributed by atoms with E-state index < -0.39 is 23.5 Å². The van der Waals surface area contributed by atoms with Crippen molar-refractivity contribution in [1.82, 2.24) is 29.7 Å². The van der Waals surface area contributed by atoms with Gasteiger partial charge in [-0.15, -0.1) is 0 Å². The summed E-state index contributed by atoms with van der Waals surface area (Å²) in [6, 6.07) is 9.49. The summed E-state index contributed by atoms with van der Waals surface area (Å²) in [6.07, 6.45) is 6.85. The van der Waals surface area contributed by atoms with Crippen LogP contribution >= 0.6 is 0 Å². The van der Waals surface area contributed by atoms with E-state index in [1.807, 2.05) is 44.5 Å². The van der Waals surface area contributed by atoms with Crippen LogP contribution in [0.4, 0.5) is 4.79 Å². The third-order valence-electron chi connectivity index (χ3n) is 8.21. The maximum absolute atomic E-state index is 13.7. The standard InChI is InChI=1S/C34H42N6O5/c1-21(2)44-33(43)40-15-13-39(14-16-40)31-25-11-10-22(3)17-26(25)27(18-24-9-8-12-36-29(24)31)30(28-19-35-20-38(28)7)37-32(42)34(5,6)45-23(4)41/h8-12,17-21,30-31H,13-16H2,1-7H3,(H,37,42)/t30-,31+/m1/s1. The number of hydrogen-bond donors (Lipinski definition) is 1. The van der Waals surface area contributed by atoms with Crippen molar-refractivity contribution in [3.8, 4) is 0 Å². The smallest absolute Gasteiger partial charge is 0.410 e. The highest BCUT2D eigenvalue weighted by Gasteiger charge is 2.38. The summed E-state index contributed by atoms with van der Waals surface area (Å²) in [4.78, 5) is 51.6. The number of hydrogen-bond acceptors (Lipinski definition) is 8. The molecule has 1 N–H and O–H groups in total. The summed E-state index contributed by atoms with van der Waals surface area (Å²) < 4.78 is 12.7. The Bertz CT molecular complexity index is 1620. The highest BCUT2D eigenvalue weighted by molar-refractivity contribution is 5.93. The van der Waals surface area contributed by atoms with Crippen molar-refractivity contribution in [3.05, 3.63) is 82.7 Å². The number of carbonyl (C=O) groups is 3. The van der Waals surface area contributed by atoms with E-state index in [9.17, 15) is 14.4 Å². The number of nitrogens with zero attached hydrogens (tertiary/aromatic N) is 5. The number of ether oxygens (including phenoxy) is 2. The van der Waals surface area contributed by atoms with E-state index in [2.05, 4.69) is 39.5 Å². The number of aromatic nitrogens is 3. The molecule has 0 bridgehead atoms. The lowest BCUT2D eigenvalue weighted by molar-refractivity contribution is -0.163. The van der Waals surface area contributed by atoms with Gasteiger partial charge in [-0.25, -0.2) is 9.78 Å². The third-order valence-corrected chi connectivity index (χ3v) is 8.21. The molecule has 3 aromatic rings. The minimum absolute atomic E-state index is 0.180. The quantitative estimate of drug-likeness (QED) is 0.389. The number of aryl methyl sites for hydroxylation is 2. The summed E-state index contributed by atoms with van der Waals surface area (Å²) in [5, 5.41) is 3.19. The predicted octanol–water partition coefficient (Wildman–Crippen LogP) is 4.43. The molecule has 11 heteroatoms. The highest BCUT2D eigenvalue weighted by Crippen LogP contribution is 2.44. The number of fused-ring (bicyclic) bond motifs is 2. The van der Waals surface area contributed by atoms with Crippen molar-refractivity contribution >= 4 is 29.6 Å². The van der Waals surface area contributed by atoms with Crippen LogP contribution in [0.25, 0.3) is 11.6 Å². The molecule has 0 radical (unpaired) electrons. The zero-order chi connectivity index (χ0) is 32.5. The van der Waals surface area contributed by atoms with Crippen molar-refractivity contribution in [2.75, 3.05) is 26.2 Å². The number of piperazine rings is 1. The van der Waals surface area contributed by atoms with Gasteiger partial charge in [-0.2, -0.15) is 0 Å². The first-order chi connectivity index (χ1) is 21.4. The van der Waals surface area contributed by atoms with Crippen LogP contribution in [0.15, 0.2) is 49.1 Å². The Kier molecular flexibility index (Phi) is 9.11. The Balaban J connectivity index is 1.60. The predicted molar refractivity (Wildman–Crippen MR) is 170 cm³/mol. The number of rotatable bonds is 7. The largest absolute Gasteiger partial charge is 0.450 e. The van der Waals surface area contributed by atoms with Gasteiger partial charge in [0.1, 0.15) is 0 Å². The first kappa shape index (κ1) is 31.9. The van der Waals surface area contributed by atoms with Gasteiger partial charge in [-0.05, 0) is 69.0 Å². The summed E-state index contributed by atoms with van der Waals surface area (Å²) in [7, 11) is 1.88. The maximum Gasteiger partial charge on any atom is 0.410 e. The molecule has 45 heavy (non-hydrogen) atoms. The van der Waals surface area contributed by atoms with Crippen molar-refractivity contribution in [2.24, 2.45) is 7.05 Å². The Morgan fingerprint density at radius 2 is 1.82 bits per heavy atom. The second kappa shape index (κ2) is 12.8. The van der Waals surface area contributed by atoms with Crippen molar-refractivity contribution in [1.29, 1.82) is 0 Å². The van der Waals surface area contributed by atoms with Gasteiger partial charge in [0.25, 0.3) is 5.91 Å². The molecule has 1 fully saturated rings. The number of esters is 1. The second-order valence-electron chi connectivity index (χ2n) is 12.5. The molecule has 5 rings (SSSR count). The molecule has 1 aliphatic carbocycles. The molecule has 0 unspecified atom stereocenters. The van der Waals surface area contributed by atoms with Gasteiger partial charge in [0.2, 0.25) is 0 Å². The fourth-order valence-electron chi connectivity index (χ4n) is 6.05. The monoisotopic (exact) mass is 614 g/mol. The van der Waals surface area contributed by atoms with E-state index in [1.54, 1.807) is 37.5 Å². The lowest BCUT2D eigenvalue weighted by Gasteiger charge is -2.39. The molecule has 2 amide bonds. The van der Waals surface area contributed by atoms with Gasteiger partial charge in [-0.1, -0.05) is 29.8 Å². The number of imidazole rings is 1. The third kappa shape index (κ3) is 6.78. The molecule has 1 saturated heterocycles. The number of nitrogens with one attached hydrogen (secondary N) is 1. The fraction of sp³-hybridized carbons (Fsp3) is 0.441. The minimum Gasteiger partial charge on any atom is -0.450 e. The van der Waals surface area contributed by atoms with Crippen molar-refractivity contribution in [2.45, 2.75) is 65.3 Å². The number of benzene rings is 1. The van der Waals surface area contributed by atoms with Crippen LogP contribution in [0.1, 0.15) is 80.3 Å². The zero-order valence-corrected chi connectivity index (χ0v) is 27.0. The van der Waals surface area contributed by atoms with Gasteiger partial charge in [0, 0.05) is 46.3 Å². The molecular weight excluding hydrogens is 572 g/mol. The van der Waals surface area contributed by atoms with Gasteiger partial charge < -0.3 is 24.3 Å². The summed E-state index contributed by atoms with van der Waals surface area (Å²) in [5.74, 6) is -0.974. The molecule has 2 aromatic heterocycles. The normalized spacial score (nSPS) is 17.5. The first-order valence-electron chi connectivity index (χ1n) is 15.3. The van der Waals surface area contributed by atoms with Gasteiger partial charge in [0.15, 0.2) is 5.60 Å². The lowest BCUT2D eigenvalue weighted by Crippen LogP contribution is -2.50. The topological polar surface area (TPSA) is 119 Å². The Morgan fingerprint density at radius 1 is 1.09 bits per heavy atom. The number of pyridine rings is 1. The second-order valence-corrected chi connectivity index (χ2v) is 12.5. The van der Waals surface area contributed by atoms with E-state index in [-0.39, 0.29) is 18.2 Å². The van der Waals surface area contributed by atoms with Crippen LogP contribution in [0.5, 0.6) is 0 Å². The summed E-state index contributed by atoms with van der Waals surface area (Å²) >= 11 is 0. The molecule has 1 aliphatic heterocycles. The average Bonchev–Trinajstić information content (AvgIpc) is 3.34. The molecule has 1 aromatic carbocycles. The Labute approximate surface area is 264 Å². The van der Waals surface area contributed by atoms with E-state index in [0.29, 0.717) is 26.2 Å².